The van der Waals surface area contributed by atoms with E-state index in [2.05, 4.69) is 15.5 Å². The average Bonchev–Trinajstić information content (AvgIpc) is 2.93. The van der Waals surface area contributed by atoms with Gasteiger partial charge < -0.3 is 21.9 Å². The number of nitrogens with two attached hydrogens (primary N) is 2. The van der Waals surface area contributed by atoms with E-state index >= 15 is 0 Å². The number of aromatic hydroxyl groups is 1. The Balaban J connectivity index is 0.000000310. The number of anilines is 4. The van der Waals surface area contributed by atoms with Crippen molar-refractivity contribution < 1.29 is 31.0 Å². The van der Waals surface area contributed by atoms with Crippen LogP contribution in [-0.4, -0.2) is 31.0 Å². The molecule has 0 saturated carbocycles. The van der Waals surface area contributed by atoms with Crippen LogP contribution in [0.5, 0.6) is 5.75 Å². The molecule has 8 N–H and O–H groups in total. The minimum Gasteiger partial charge on any atom is -0.505 e. The first-order valence-electron chi connectivity index (χ1n) is 12.0. The number of para-hydroxylation sites is 1. The molecule has 42 heavy (non-hydrogen) atoms. The van der Waals surface area contributed by atoms with Gasteiger partial charge in [-0.25, -0.2) is 0 Å². The molecule has 0 fully saturated rings. The molecule has 12 nitrogen and oxygen atoms in total. The topological polar surface area (TPSA) is 218 Å². The van der Waals surface area contributed by atoms with Crippen LogP contribution in [0.1, 0.15) is 0 Å². The molecule has 5 rings (SSSR count). The van der Waals surface area contributed by atoms with Crippen molar-refractivity contribution in [3.63, 3.8) is 0 Å². The SMILES string of the molecule is Nc1ccc(N=Nc2c(S(=O)(=O)O)cc3cc(Nc4ccccc4)ccc3c2O)cc1.Nc1ccc(S(=O)(=O)O)cc1. The molecule has 0 spiro atoms. The van der Waals surface area contributed by atoms with Gasteiger partial charge in [0.25, 0.3) is 20.2 Å². The summed E-state index contributed by atoms with van der Waals surface area (Å²) in [5.74, 6) is -0.407. The van der Waals surface area contributed by atoms with Crippen molar-refractivity contribution in [2.75, 3.05) is 16.8 Å². The van der Waals surface area contributed by atoms with Gasteiger partial charge in [0.2, 0.25) is 0 Å². The molecule has 0 unspecified atom stereocenters. The van der Waals surface area contributed by atoms with Gasteiger partial charge in [0, 0.05) is 28.1 Å². The third kappa shape index (κ3) is 7.58. The van der Waals surface area contributed by atoms with Crippen molar-refractivity contribution in [1.82, 2.24) is 0 Å². The molecule has 0 aliphatic rings. The van der Waals surface area contributed by atoms with Crippen LogP contribution in [0.4, 0.5) is 34.1 Å². The predicted molar refractivity (Wildman–Crippen MR) is 161 cm³/mol. The van der Waals surface area contributed by atoms with Gasteiger partial charge in [-0.05, 0) is 90.3 Å². The first-order valence-corrected chi connectivity index (χ1v) is 14.9. The molecule has 0 heterocycles. The van der Waals surface area contributed by atoms with Crippen molar-refractivity contribution in [3.8, 4) is 5.75 Å². The van der Waals surface area contributed by atoms with Crippen LogP contribution < -0.4 is 16.8 Å². The zero-order chi connectivity index (χ0) is 30.5. The summed E-state index contributed by atoms with van der Waals surface area (Å²) in [4.78, 5) is -0.694. The summed E-state index contributed by atoms with van der Waals surface area (Å²) in [6.45, 7) is 0. The van der Waals surface area contributed by atoms with E-state index in [0.29, 0.717) is 33.5 Å². The molecule has 0 atom stereocenters. The number of phenols is 1. The Kier molecular flexibility index (Phi) is 8.73. The van der Waals surface area contributed by atoms with Crippen molar-refractivity contribution in [1.29, 1.82) is 0 Å². The van der Waals surface area contributed by atoms with Crippen molar-refractivity contribution in [3.05, 3.63) is 103 Å². The number of nitrogens with one attached hydrogen (secondary N) is 1. The molecule has 14 heteroatoms. The Bertz CT molecular complexity index is 1970. The molecular weight excluding hydrogens is 582 g/mol. The third-order valence-electron chi connectivity index (χ3n) is 5.73. The summed E-state index contributed by atoms with van der Waals surface area (Å²) < 4.78 is 63.1. The Hall–Kier alpha value is -5.02. The molecular formula is C28H25N5O7S2. The summed E-state index contributed by atoms with van der Waals surface area (Å²) in [6, 6.07) is 27.4. The molecule has 216 valence electrons. The highest BCUT2D eigenvalue weighted by Crippen LogP contribution is 2.42. The first kappa shape index (κ1) is 30.0. The number of fused-ring (bicyclic) bond motifs is 1. The minimum absolute atomic E-state index is 0.147. The maximum atomic E-state index is 12.0. The highest BCUT2D eigenvalue weighted by molar-refractivity contribution is 7.86. The van der Waals surface area contributed by atoms with E-state index in [1.54, 1.807) is 42.5 Å². The number of nitrogen functional groups attached to an aromatic ring is 2. The number of phenolic OH excluding ortho intramolecular Hbond substituents is 1. The van der Waals surface area contributed by atoms with Crippen LogP contribution in [-0.2, 0) is 20.2 Å². The van der Waals surface area contributed by atoms with Gasteiger partial charge in [0.05, 0.1) is 10.6 Å². The van der Waals surface area contributed by atoms with Crippen molar-refractivity contribution in [2.45, 2.75) is 9.79 Å². The second-order valence-corrected chi connectivity index (χ2v) is 11.6. The Morgan fingerprint density at radius 1 is 0.643 bits per heavy atom. The quantitative estimate of drug-likeness (QED) is 0.0745. The zero-order valence-corrected chi connectivity index (χ0v) is 23.3. The van der Waals surface area contributed by atoms with E-state index < -0.39 is 30.9 Å². The fraction of sp³-hybridized carbons (Fsp3) is 0. The third-order valence-corrected chi connectivity index (χ3v) is 7.46. The largest absolute Gasteiger partial charge is 0.505 e. The Morgan fingerprint density at radius 3 is 1.81 bits per heavy atom. The van der Waals surface area contributed by atoms with E-state index in [0.717, 1.165) is 5.69 Å². The lowest BCUT2D eigenvalue weighted by Crippen LogP contribution is -1.99. The van der Waals surface area contributed by atoms with Crippen molar-refractivity contribution >= 4 is 65.1 Å². The molecule has 0 bridgehead atoms. The molecule has 5 aromatic carbocycles. The van der Waals surface area contributed by atoms with Crippen LogP contribution in [0.3, 0.4) is 0 Å². The normalized spacial score (nSPS) is 11.7. The van der Waals surface area contributed by atoms with Crippen molar-refractivity contribution in [2.24, 2.45) is 10.2 Å². The van der Waals surface area contributed by atoms with Crippen LogP contribution >= 0.6 is 0 Å². The first-order chi connectivity index (χ1) is 19.8. The van der Waals surface area contributed by atoms with Gasteiger partial charge in [-0.1, -0.05) is 18.2 Å². The van der Waals surface area contributed by atoms with Gasteiger partial charge >= 0.3 is 0 Å². The van der Waals surface area contributed by atoms with Gasteiger partial charge in [0.1, 0.15) is 10.6 Å². The molecule has 0 aliphatic heterocycles. The number of azo groups is 1. The molecule has 0 radical (unpaired) electrons. The lowest BCUT2D eigenvalue weighted by Gasteiger charge is -2.11. The summed E-state index contributed by atoms with van der Waals surface area (Å²) in [7, 11) is -8.76. The van der Waals surface area contributed by atoms with E-state index in [9.17, 15) is 26.5 Å². The minimum atomic E-state index is -4.68. The fourth-order valence-corrected chi connectivity index (χ4v) is 4.84. The summed E-state index contributed by atoms with van der Waals surface area (Å²) in [5.41, 5.74) is 13.5. The molecule has 0 aromatic heterocycles. The molecule has 5 aromatic rings. The molecule has 0 amide bonds. The molecule has 0 saturated heterocycles. The second-order valence-electron chi connectivity index (χ2n) is 8.81. The second kappa shape index (κ2) is 12.2. The zero-order valence-electron chi connectivity index (χ0n) is 21.7. The van der Waals surface area contributed by atoms with Gasteiger partial charge in [-0.3, -0.25) is 9.11 Å². The van der Waals surface area contributed by atoms with Crippen LogP contribution in [0.25, 0.3) is 10.8 Å². The Labute approximate surface area is 241 Å². The van der Waals surface area contributed by atoms with E-state index in [1.165, 1.54) is 30.3 Å². The van der Waals surface area contributed by atoms with E-state index in [-0.39, 0.29) is 10.6 Å². The van der Waals surface area contributed by atoms with Gasteiger partial charge in [0.15, 0.2) is 5.75 Å². The van der Waals surface area contributed by atoms with Gasteiger partial charge in [-0.2, -0.15) is 21.9 Å². The summed E-state index contributed by atoms with van der Waals surface area (Å²) >= 11 is 0. The highest BCUT2D eigenvalue weighted by atomic mass is 32.2. The maximum absolute atomic E-state index is 12.0. The lowest BCUT2D eigenvalue weighted by molar-refractivity contribution is 0.472. The number of hydrogen-bond donors (Lipinski definition) is 6. The monoisotopic (exact) mass is 607 g/mol. The number of nitrogens with zero attached hydrogens (tertiary/aromatic N) is 2. The van der Waals surface area contributed by atoms with Crippen LogP contribution in [0.15, 0.2) is 123 Å². The summed E-state index contributed by atoms with van der Waals surface area (Å²) in [5, 5.41) is 22.5. The van der Waals surface area contributed by atoms with Gasteiger partial charge in [-0.15, -0.1) is 5.11 Å². The molecule has 0 aliphatic carbocycles. The summed E-state index contributed by atoms with van der Waals surface area (Å²) in [6.07, 6.45) is 0. The maximum Gasteiger partial charge on any atom is 0.296 e. The van der Waals surface area contributed by atoms with E-state index in [4.69, 9.17) is 16.0 Å². The fourth-order valence-electron chi connectivity index (χ4n) is 3.70. The standard InChI is InChI=1S/C22H18N4O4S.C6H7NO3S/c23-15-6-8-17(9-7-15)25-26-21-20(31(28,29)30)13-14-12-18(10-11-19(14)22(21)27)24-16-4-2-1-3-5-16;7-5-1-3-6(4-2-5)11(8,9)10/h1-13,24,27H,23H2,(H,28,29,30);1-4H,7H2,(H,8,9,10). The number of benzene rings is 5. The van der Waals surface area contributed by atoms with Crippen LogP contribution in [0, 0.1) is 0 Å². The number of rotatable bonds is 6. The smallest absolute Gasteiger partial charge is 0.296 e. The number of hydrogen-bond acceptors (Lipinski definition) is 10. The highest BCUT2D eigenvalue weighted by Gasteiger charge is 2.22. The Morgan fingerprint density at radius 2 is 1.24 bits per heavy atom. The predicted octanol–water partition coefficient (Wildman–Crippen LogP) is 6.05. The average molecular weight is 608 g/mol. The van der Waals surface area contributed by atoms with E-state index in [1.807, 2.05) is 30.3 Å². The lowest BCUT2D eigenvalue weighted by atomic mass is 10.1. The van der Waals surface area contributed by atoms with Crippen LogP contribution in [0.2, 0.25) is 0 Å².